The van der Waals surface area contributed by atoms with E-state index in [4.69, 9.17) is 14.2 Å². The van der Waals surface area contributed by atoms with Crippen molar-refractivity contribution >= 4 is 17.9 Å². The quantitative estimate of drug-likeness (QED) is 0.284. The SMILES string of the molecule is COc1ccc(C=C2C(=O)N[C@]3(C[C@]4(O)[C@@H](C=C[C@@H](O)[C@@H]4O)O3)C(=O)N2C)c(O)c1OC. The number of carbonyl (C=O) groups is 2. The van der Waals surface area contributed by atoms with E-state index in [0.717, 1.165) is 4.90 Å². The van der Waals surface area contributed by atoms with Crippen LogP contribution >= 0.6 is 0 Å². The Kier molecular flexibility index (Phi) is 5.17. The second kappa shape index (κ2) is 7.48. The minimum atomic E-state index is -1.97. The summed E-state index contributed by atoms with van der Waals surface area (Å²) in [4.78, 5) is 27.2. The molecule has 11 heteroatoms. The van der Waals surface area contributed by atoms with Crippen molar-refractivity contribution in [3.63, 3.8) is 0 Å². The predicted octanol–water partition coefficient (Wildman–Crippen LogP) is -1.15. The first-order valence-electron chi connectivity index (χ1n) is 9.79. The summed E-state index contributed by atoms with van der Waals surface area (Å²) in [5, 5.41) is 44.1. The van der Waals surface area contributed by atoms with Crippen molar-refractivity contribution in [3.8, 4) is 17.2 Å². The number of piperazine rings is 1. The Labute approximate surface area is 183 Å². The number of hydrogen-bond acceptors (Lipinski definition) is 9. The first kappa shape index (κ1) is 22.1. The molecule has 0 aromatic heterocycles. The van der Waals surface area contributed by atoms with Gasteiger partial charge in [0.15, 0.2) is 11.5 Å². The number of aromatic hydroxyl groups is 1. The number of aliphatic hydroxyl groups is 3. The largest absolute Gasteiger partial charge is 0.504 e. The number of nitrogens with one attached hydrogen (secondary N) is 1. The molecule has 2 fully saturated rings. The Hall–Kier alpha value is -3.12. The Bertz CT molecular complexity index is 1040. The minimum Gasteiger partial charge on any atom is -0.504 e. The molecule has 11 nitrogen and oxygen atoms in total. The van der Waals surface area contributed by atoms with Crippen LogP contribution in [-0.2, 0) is 14.3 Å². The highest BCUT2D eigenvalue weighted by molar-refractivity contribution is 6.08. The lowest BCUT2D eigenvalue weighted by atomic mass is 9.79. The minimum absolute atomic E-state index is 0.0632. The number of fused-ring (bicyclic) bond motifs is 1. The topological polar surface area (TPSA) is 158 Å². The average molecular weight is 448 g/mol. The van der Waals surface area contributed by atoms with Crippen molar-refractivity contribution in [2.24, 2.45) is 0 Å². The number of aliphatic hydroxyl groups excluding tert-OH is 2. The number of phenolic OH excluding ortho intramolecular Hbond substituents is 1. The van der Waals surface area contributed by atoms with Gasteiger partial charge < -0.3 is 44.9 Å². The number of carbonyl (C=O) groups excluding carboxylic acids is 2. The van der Waals surface area contributed by atoms with E-state index in [9.17, 15) is 30.0 Å². The van der Waals surface area contributed by atoms with Crippen molar-refractivity contribution in [2.75, 3.05) is 21.3 Å². The molecular weight excluding hydrogens is 424 g/mol. The Morgan fingerprint density at radius 3 is 2.59 bits per heavy atom. The molecule has 1 aromatic rings. The van der Waals surface area contributed by atoms with Crippen LogP contribution in [0.15, 0.2) is 30.0 Å². The number of likely N-dealkylation sites (N-methyl/N-ethyl adjacent to an activating group) is 1. The number of ether oxygens (including phenoxy) is 3. The van der Waals surface area contributed by atoms with Crippen LogP contribution in [0.2, 0.25) is 0 Å². The molecule has 2 saturated heterocycles. The number of phenols is 1. The van der Waals surface area contributed by atoms with E-state index in [0.29, 0.717) is 0 Å². The molecule has 1 aromatic carbocycles. The second-order valence-corrected chi connectivity index (χ2v) is 7.94. The first-order chi connectivity index (χ1) is 15.1. The van der Waals surface area contributed by atoms with Crippen LogP contribution in [0.4, 0.5) is 0 Å². The van der Waals surface area contributed by atoms with Crippen molar-refractivity contribution in [1.29, 1.82) is 0 Å². The zero-order chi connectivity index (χ0) is 23.4. The van der Waals surface area contributed by atoms with Gasteiger partial charge >= 0.3 is 0 Å². The van der Waals surface area contributed by atoms with E-state index in [-0.39, 0.29) is 28.5 Å². The van der Waals surface area contributed by atoms with Crippen LogP contribution in [0.5, 0.6) is 17.2 Å². The number of hydrogen-bond donors (Lipinski definition) is 5. The predicted molar refractivity (Wildman–Crippen MR) is 108 cm³/mol. The highest BCUT2D eigenvalue weighted by atomic mass is 16.6. The molecule has 0 bridgehead atoms. The highest BCUT2D eigenvalue weighted by Gasteiger charge is 2.66. The molecule has 32 heavy (non-hydrogen) atoms. The van der Waals surface area contributed by atoms with Gasteiger partial charge in [0.1, 0.15) is 29.6 Å². The smallest absolute Gasteiger partial charge is 0.280 e. The summed E-state index contributed by atoms with van der Waals surface area (Å²) in [7, 11) is 4.11. The summed E-state index contributed by atoms with van der Waals surface area (Å²) in [6, 6.07) is 3.03. The van der Waals surface area contributed by atoms with Gasteiger partial charge in [-0.2, -0.15) is 0 Å². The van der Waals surface area contributed by atoms with Crippen molar-refractivity contribution in [1.82, 2.24) is 10.2 Å². The first-order valence-corrected chi connectivity index (χ1v) is 9.79. The van der Waals surface area contributed by atoms with Gasteiger partial charge in [0, 0.05) is 19.0 Å². The van der Waals surface area contributed by atoms with Crippen LogP contribution in [0.1, 0.15) is 12.0 Å². The van der Waals surface area contributed by atoms with E-state index in [2.05, 4.69) is 5.32 Å². The third-order valence-corrected chi connectivity index (χ3v) is 6.07. The Morgan fingerprint density at radius 2 is 1.94 bits per heavy atom. The molecule has 1 aliphatic carbocycles. The summed E-state index contributed by atoms with van der Waals surface area (Å²) in [5.74, 6) is -1.34. The lowest BCUT2D eigenvalue weighted by Gasteiger charge is -2.39. The van der Waals surface area contributed by atoms with Crippen molar-refractivity contribution in [2.45, 2.75) is 36.1 Å². The van der Waals surface area contributed by atoms with E-state index >= 15 is 0 Å². The van der Waals surface area contributed by atoms with E-state index in [1.807, 2.05) is 0 Å². The van der Waals surface area contributed by atoms with Crippen LogP contribution in [0, 0.1) is 0 Å². The standard InChI is InChI=1S/C21H24N2O9/c1-23-11(8-10-4-6-13(30-2)16(31-3)15(10)25)18(27)22-21(19(23)28)9-20(29)14(32-21)7-5-12(24)17(20)26/h4-8,12,14,17,24-26,29H,9H2,1-3H3,(H,22,27)/t12-,14-,17+,20+,21+/m1/s1. The highest BCUT2D eigenvalue weighted by Crippen LogP contribution is 2.45. The molecule has 172 valence electrons. The fraction of sp³-hybridized carbons (Fsp3) is 0.429. The maximum atomic E-state index is 13.2. The fourth-order valence-electron chi connectivity index (χ4n) is 4.34. The molecule has 0 unspecified atom stereocenters. The van der Waals surface area contributed by atoms with Gasteiger partial charge in [-0.1, -0.05) is 12.2 Å². The lowest BCUT2D eigenvalue weighted by molar-refractivity contribution is -0.168. The van der Waals surface area contributed by atoms with Gasteiger partial charge in [-0.3, -0.25) is 9.59 Å². The van der Waals surface area contributed by atoms with Crippen LogP contribution < -0.4 is 14.8 Å². The second-order valence-electron chi connectivity index (χ2n) is 7.94. The molecule has 2 amide bonds. The Morgan fingerprint density at radius 1 is 1.22 bits per heavy atom. The third-order valence-electron chi connectivity index (χ3n) is 6.07. The molecule has 0 saturated carbocycles. The van der Waals surface area contributed by atoms with Gasteiger partial charge in [0.25, 0.3) is 11.8 Å². The summed E-state index contributed by atoms with van der Waals surface area (Å²) >= 11 is 0. The summed E-state index contributed by atoms with van der Waals surface area (Å²) < 4.78 is 16.0. The molecule has 4 rings (SSSR count). The number of amides is 2. The van der Waals surface area contributed by atoms with Gasteiger partial charge in [-0.15, -0.1) is 0 Å². The maximum Gasteiger partial charge on any atom is 0.280 e. The summed E-state index contributed by atoms with van der Waals surface area (Å²) in [5.41, 5.74) is -3.80. The third kappa shape index (κ3) is 3.05. The molecule has 2 heterocycles. The van der Waals surface area contributed by atoms with Gasteiger partial charge in [0.2, 0.25) is 11.5 Å². The van der Waals surface area contributed by atoms with E-state index in [1.165, 1.54) is 51.6 Å². The average Bonchev–Trinajstić information content (AvgIpc) is 3.07. The fourth-order valence-corrected chi connectivity index (χ4v) is 4.34. The van der Waals surface area contributed by atoms with E-state index < -0.39 is 47.9 Å². The molecule has 5 atom stereocenters. The van der Waals surface area contributed by atoms with Gasteiger partial charge in [-0.25, -0.2) is 0 Å². The molecular formula is C21H24N2O9. The van der Waals surface area contributed by atoms with Gasteiger partial charge in [0.05, 0.1) is 14.2 Å². The van der Waals surface area contributed by atoms with E-state index in [1.54, 1.807) is 0 Å². The van der Waals surface area contributed by atoms with Crippen molar-refractivity contribution < 1.29 is 44.2 Å². The zero-order valence-electron chi connectivity index (χ0n) is 17.6. The monoisotopic (exact) mass is 448 g/mol. The van der Waals surface area contributed by atoms with Crippen molar-refractivity contribution in [3.05, 3.63) is 35.5 Å². The maximum absolute atomic E-state index is 13.2. The van der Waals surface area contributed by atoms with Crippen LogP contribution in [0.25, 0.3) is 6.08 Å². The number of benzene rings is 1. The zero-order valence-corrected chi connectivity index (χ0v) is 17.6. The number of methoxy groups -OCH3 is 2. The molecule has 2 aliphatic heterocycles. The van der Waals surface area contributed by atoms with Crippen LogP contribution in [-0.4, -0.2) is 88.0 Å². The summed E-state index contributed by atoms with van der Waals surface area (Å²) in [6.07, 6.45) is -0.619. The molecule has 1 spiro atoms. The molecule has 3 aliphatic rings. The van der Waals surface area contributed by atoms with Crippen LogP contribution in [0.3, 0.4) is 0 Å². The Balaban J connectivity index is 1.68. The summed E-state index contributed by atoms with van der Waals surface area (Å²) in [6.45, 7) is 0. The number of nitrogens with zero attached hydrogens (tertiary/aromatic N) is 1. The van der Waals surface area contributed by atoms with Gasteiger partial charge in [-0.05, 0) is 18.2 Å². The normalized spacial score (nSPS) is 35.2. The molecule has 5 N–H and O–H groups in total. The molecule has 0 radical (unpaired) electrons. The number of rotatable bonds is 3. The lowest BCUT2D eigenvalue weighted by Crippen LogP contribution is -2.65.